The Balaban J connectivity index is 3.18. The first-order valence-corrected chi connectivity index (χ1v) is 8.13. The minimum atomic E-state index is -0.0171. The Morgan fingerprint density at radius 2 is 1.81 bits per heavy atom. The highest BCUT2D eigenvalue weighted by molar-refractivity contribution is 5.21. The molecule has 120 valence electrons. The molecule has 0 bridgehead atoms. The van der Waals surface area contributed by atoms with Gasteiger partial charge in [-0.25, -0.2) is 0 Å². The van der Waals surface area contributed by atoms with Crippen molar-refractivity contribution in [2.45, 2.75) is 79.4 Å². The summed E-state index contributed by atoms with van der Waals surface area (Å²) in [6.45, 7) is 16.5. The molecule has 1 aromatic heterocycles. The van der Waals surface area contributed by atoms with E-state index in [9.17, 15) is 4.79 Å². The van der Waals surface area contributed by atoms with E-state index >= 15 is 0 Å². The molecule has 0 aromatic carbocycles. The Morgan fingerprint density at radius 3 is 2.29 bits per heavy atom. The molecule has 1 unspecified atom stereocenters. The van der Waals surface area contributed by atoms with Gasteiger partial charge in [0.1, 0.15) is 0 Å². The zero-order valence-electron chi connectivity index (χ0n) is 14.8. The van der Waals surface area contributed by atoms with Crippen LogP contribution in [-0.2, 0) is 18.5 Å². The van der Waals surface area contributed by atoms with Crippen LogP contribution in [0.3, 0.4) is 0 Å². The van der Waals surface area contributed by atoms with E-state index in [1.54, 1.807) is 0 Å². The Morgan fingerprint density at radius 1 is 1.19 bits per heavy atom. The minimum absolute atomic E-state index is 0.0171. The van der Waals surface area contributed by atoms with Crippen LogP contribution in [0, 0.1) is 5.92 Å². The average Bonchev–Trinajstić information content (AvgIpc) is 2.37. The predicted molar refractivity (Wildman–Crippen MR) is 90.8 cm³/mol. The summed E-state index contributed by atoms with van der Waals surface area (Å²) in [4.78, 5) is 12.8. The summed E-state index contributed by atoms with van der Waals surface area (Å²) in [6, 6.07) is 4.55. The molecular weight excluding hydrogens is 260 g/mol. The molecule has 3 heteroatoms. The fraction of sp³-hybridized carbons (Fsp3) is 0.722. The molecule has 0 fully saturated rings. The molecule has 1 heterocycles. The number of aromatic nitrogens is 1. The Kier molecular flexibility index (Phi) is 6.21. The van der Waals surface area contributed by atoms with Gasteiger partial charge in [-0.1, -0.05) is 47.6 Å². The number of pyridine rings is 1. The van der Waals surface area contributed by atoms with Gasteiger partial charge in [0.15, 0.2) is 0 Å². The fourth-order valence-electron chi connectivity index (χ4n) is 2.39. The monoisotopic (exact) mass is 292 g/mol. The molecule has 1 N–H and O–H groups in total. The van der Waals surface area contributed by atoms with Crippen molar-refractivity contribution < 1.29 is 0 Å². The quantitative estimate of drug-likeness (QED) is 0.867. The molecule has 0 saturated carbocycles. The van der Waals surface area contributed by atoms with Gasteiger partial charge in [-0.15, -0.1) is 0 Å². The number of hydrogen-bond acceptors (Lipinski definition) is 2. The number of nitrogens with zero attached hydrogens (tertiary/aromatic N) is 1. The molecular formula is C18H32N2O. The standard InChI is InChI=1S/C18H32N2O/c1-8-14(4)19-11-15-9-10-16(18(5,6)7)20(17(15)21)12-13(2)3/h9-10,13-14,19H,8,11-12H2,1-7H3. The van der Waals surface area contributed by atoms with Gasteiger partial charge in [-0.3, -0.25) is 4.79 Å². The van der Waals surface area contributed by atoms with Gasteiger partial charge >= 0.3 is 0 Å². The third-order valence-corrected chi connectivity index (χ3v) is 3.82. The minimum Gasteiger partial charge on any atom is -0.312 e. The van der Waals surface area contributed by atoms with Crippen molar-refractivity contribution in [2.24, 2.45) is 5.92 Å². The second-order valence-corrected chi connectivity index (χ2v) is 7.49. The molecule has 1 atom stereocenters. The SMILES string of the molecule is CCC(C)NCc1ccc(C(C)(C)C)n(CC(C)C)c1=O. The molecule has 3 nitrogen and oxygen atoms in total. The molecule has 0 saturated heterocycles. The van der Waals surface area contributed by atoms with E-state index in [1.807, 2.05) is 10.6 Å². The molecule has 0 spiro atoms. The first kappa shape index (κ1) is 18.0. The first-order valence-electron chi connectivity index (χ1n) is 8.13. The summed E-state index contributed by atoms with van der Waals surface area (Å²) < 4.78 is 1.97. The maximum atomic E-state index is 12.8. The van der Waals surface area contributed by atoms with Crippen LogP contribution in [0.4, 0.5) is 0 Å². The van der Waals surface area contributed by atoms with Gasteiger partial charge in [0, 0.05) is 35.8 Å². The van der Waals surface area contributed by atoms with Gasteiger partial charge in [-0.2, -0.15) is 0 Å². The van der Waals surface area contributed by atoms with Crippen LogP contribution in [0.2, 0.25) is 0 Å². The van der Waals surface area contributed by atoms with Crippen LogP contribution in [-0.4, -0.2) is 10.6 Å². The van der Waals surface area contributed by atoms with Crippen molar-refractivity contribution in [3.8, 4) is 0 Å². The normalized spacial score (nSPS) is 13.7. The van der Waals surface area contributed by atoms with Crippen molar-refractivity contribution >= 4 is 0 Å². The highest BCUT2D eigenvalue weighted by atomic mass is 16.1. The van der Waals surface area contributed by atoms with Gasteiger partial charge in [0.2, 0.25) is 0 Å². The van der Waals surface area contributed by atoms with E-state index in [0.717, 1.165) is 24.2 Å². The molecule has 0 aliphatic carbocycles. The maximum Gasteiger partial charge on any atom is 0.255 e. The van der Waals surface area contributed by atoms with Crippen LogP contribution >= 0.6 is 0 Å². The van der Waals surface area contributed by atoms with E-state index in [-0.39, 0.29) is 11.0 Å². The van der Waals surface area contributed by atoms with Gasteiger partial charge in [0.05, 0.1) is 0 Å². The van der Waals surface area contributed by atoms with E-state index in [1.165, 1.54) is 0 Å². The largest absolute Gasteiger partial charge is 0.312 e. The summed E-state index contributed by atoms with van der Waals surface area (Å²) in [5.41, 5.74) is 2.13. The molecule has 1 aromatic rings. The van der Waals surface area contributed by atoms with Crippen molar-refractivity contribution in [2.75, 3.05) is 0 Å². The van der Waals surface area contributed by atoms with E-state index in [2.05, 4.69) is 59.8 Å². The molecule has 0 aliphatic heterocycles. The zero-order chi connectivity index (χ0) is 16.2. The summed E-state index contributed by atoms with van der Waals surface area (Å²) in [7, 11) is 0. The zero-order valence-corrected chi connectivity index (χ0v) is 14.8. The third kappa shape index (κ3) is 4.99. The lowest BCUT2D eigenvalue weighted by Gasteiger charge is -2.26. The predicted octanol–water partition coefficient (Wildman–Crippen LogP) is 3.69. The average molecular weight is 292 g/mol. The van der Waals surface area contributed by atoms with Crippen LogP contribution < -0.4 is 10.9 Å². The second kappa shape index (κ2) is 7.26. The van der Waals surface area contributed by atoms with Crippen molar-refractivity contribution in [1.29, 1.82) is 0 Å². The smallest absolute Gasteiger partial charge is 0.255 e. The summed E-state index contributed by atoms with van der Waals surface area (Å²) >= 11 is 0. The van der Waals surface area contributed by atoms with Gasteiger partial charge in [-0.05, 0) is 25.3 Å². The summed E-state index contributed by atoms with van der Waals surface area (Å²) in [5, 5.41) is 3.41. The highest BCUT2D eigenvalue weighted by Gasteiger charge is 2.20. The molecule has 0 amide bonds. The topological polar surface area (TPSA) is 34.0 Å². The molecule has 0 radical (unpaired) electrons. The summed E-state index contributed by atoms with van der Waals surface area (Å²) in [5.74, 6) is 0.460. The van der Waals surface area contributed by atoms with E-state index < -0.39 is 0 Å². The third-order valence-electron chi connectivity index (χ3n) is 3.82. The Labute approximate surface area is 129 Å². The number of hydrogen-bond donors (Lipinski definition) is 1. The van der Waals surface area contributed by atoms with Crippen molar-refractivity contribution in [3.63, 3.8) is 0 Å². The Bertz CT molecular complexity index is 509. The fourth-order valence-corrected chi connectivity index (χ4v) is 2.39. The van der Waals surface area contributed by atoms with Crippen molar-refractivity contribution in [3.05, 3.63) is 33.7 Å². The van der Waals surface area contributed by atoms with Crippen LogP contribution in [0.5, 0.6) is 0 Å². The lowest BCUT2D eigenvalue weighted by atomic mass is 9.90. The van der Waals surface area contributed by atoms with E-state index in [4.69, 9.17) is 0 Å². The highest BCUT2D eigenvalue weighted by Crippen LogP contribution is 2.22. The number of rotatable bonds is 6. The van der Waals surface area contributed by atoms with Gasteiger partial charge < -0.3 is 9.88 Å². The lowest BCUT2D eigenvalue weighted by Crippen LogP contribution is -2.35. The molecule has 21 heavy (non-hydrogen) atoms. The van der Waals surface area contributed by atoms with Crippen LogP contribution in [0.25, 0.3) is 0 Å². The maximum absolute atomic E-state index is 12.8. The lowest BCUT2D eigenvalue weighted by molar-refractivity contribution is 0.442. The van der Waals surface area contributed by atoms with E-state index in [0.29, 0.717) is 18.5 Å². The van der Waals surface area contributed by atoms with Gasteiger partial charge in [0.25, 0.3) is 5.56 Å². The van der Waals surface area contributed by atoms with Crippen molar-refractivity contribution in [1.82, 2.24) is 9.88 Å². The molecule has 1 rings (SSSR count). The van der Waals surface area contributed by atoms with Crippen LogP contribution in [0.1, 0.15) is 66.1 Å². The number of nitrogens with one attached hydrogen (secondary N) is 1. The second-order valence-electron chi connectivity index (χ2n) is 7.49. The molecule has 0 aliphatic rings. The Hall–Kier alpha value is -1.09. The summed E-state index contributed by atoms with van der Waals surface area (Å²) in [6.07, 6.45) is 1.07. The first-order chi connectivity index (χ1) is 9.66. The van der Waals surface area contributed by atoms with Crippen LogP contribution in [0.15, 0.2) is 16.9 Å².